The average Bonchev–Trinajstić information content (AvgIpc) is 2.53. The minimum atomic E-state index is 0.349. The monoisotopic (exact) mass is 299 g/mol. The van der Waals surface area contributed by atoms with E-state index in [1.807, 2.05) is 55.4 Å². The van der Waals surface area contributed by atoms with E-state index in [-0.39, 0.29) is 0 Å². The van der Waals surface area contributed by atoms with Crippen LogP contribution in [0.1, 0.15) is 5.56 Å². The molecule has 0 saturated heterocycles. The Morgan fingerprint density at radius 1 is 1.32 bits per heavy atom. The van der Waals surface area contributed by atoms with E-state index >= 15 is 0 Å². The summed E-state index contributed by atoms with van der Waals surface area (Å²) in [6.07, 6.45) is 1.76. The van der Waals surface area contributed by atoms with E-state index in [0.717, 1.165) is 22.8 Å². The molecular formula is C16H21N5O. The molecule has 2 aromatic rings. The number of anilines is 2. The van der Waals surface area contributed by atoms with Gasteiger partial charge >= 0.3 is 0 Å². The Kier molecular flexibility index (Phi) is 5.19. The number of hydrogen-bond donors (Lipinski definition) is 2. The lowest BCUT2D eigenvalue weighted by Gasteiger charge is -2.14. The van der Waals surface area contributed by atoms with Crippen molar-refractivity contribution in [2.45, 2.75) is 6.54 Å². The van der Waals surface area contributed by atoms with E-state index in [9.17, 15) is 0 Å². The Bertz CT molecular complexity index is 654. The third-order valence-corrected chi connectivity index (χ3v) is 3.05. The van der Waals surface area contributed by atoms with Gasteiger partial charge in [0.25, 0.3) is 0 Å². The molecule has 1 aromatic carbocycles. The van der Waals surface area contributed by atoms with Crippen molar-refractivity contribution in [3.8, 4) is 5.75 Å². The molecule has 0 fully saturated rings. The molecule has 6 heteroatoms. The molecule has 2 rings (SSSR count). The highest BCUT2D eigenvalue weighted by Crippen LogP contribution is 2.17. The third kappa shape index (κ3) is 4.12. The van der Waals surface area contributed by atoms with E-state index in [1.54, 1.807) is 13.3 Å². The number of rotatable bonds is 5. The van der Waals surface area contributed by atoms with Gasteiger partial charge < -0.3 is 20.7 Å². The summed E-state index contributed by atoms with van der Waals surface area (Å²) < 4.78 is 5.17. The zero-order valence-electron chi connectivity index (χ0n) is 13.1. The molecule has 0 radical (unpaired) electrons. The summed E-state index contributed by atoms with van der Waals surface area (Å²) in [6.45, 7) is 0.462. The zero-order valence-corrected chi connectivity index (χ0v) is 13.1. The fourth-order valence-electron chi connectivity index (χ4n) is 2.01. The number of ether oxygens (including phenoxy) is 1. The summed E-state index contributed by atoms with van der Waals surface area (Å²) in [5.74, 6) is 2.00. The van der Waals surface area contributed by atoms with Crippen LogP contribution in [0.15, 0.2) is 47.6 Å². The first-order valence-corrected chi connectivity index (χ1v) is 6.92. The number of nitrogens with zero attached hydrogens (tertiary/aromatic N) is 3. The summed E-state index contributed by atoms with van der Waals surface area (Å²) in [4.78, 5) is 10.7. The molecule has 22 heavy (non-hydrogen) atoms. The van der Waals surface area contributed by atoms with Crippen molar-refractivity contribution in [2.75, 3.05) is 31.4 Å². The first kappa shape index (κ1) is 15.6. The van der Waals surface area contributed by atoms with Gasteiger partial charge in [-0.05, 0) is 18.2 Å². The van der Waals surface area contributed by atoms with Crippen molar-refractivity contribution >= 4 is 17.5 Å². The number of guanidine groups is 1. The molecule has 0 spiro atoms. The van der Waals surface area contributed by atoms with E-state index in [4.69, 9.17) is 10.5 Å². The smallest absolute Gasteiger partial charge is 0.193 e. The number of nitrogens with one attached hydrogen (secondary N) is 1. The molecule has 3 N–H and O–H groups in total. The molecular weight excluding hydrogens is 278 g/mol. The van der Waals surface area contributed by atoms with Crippen LogP contribution in [-0.4, -0.2) is 32.1 Å². The van der Waals surface area contributed by atoms with Crippen LogP contribution < -0.4 is 20.7 Å². The SMILES string of the molecule is COc1cccc(NC(N)=NCc2cccnc2N(C)C)c1. The number of hydrogen-bond acceptors (Lipinski definition) is 4. The highest BCUT2D eigenvalue weighted by molar-refractivity contribution is 5.92. The van der Waals surface area contributed by atoms with Crippen LogP contribution in [0.2, 0.25) is 0 Å². The van der Waals surface area contributed by atoms with Crippen molar-refractivity contribution in [2.24, 2.45) is 10.7 Å². The predicted molar refractivity (Wildman–Crippen MR) is 90.5 cm³/mol. The Morgan fingerprint density at radius 3 is 2.86 bits per heavy atom. The standard InChI is InChI=1S/C16H21N5O/c1-21(2)15-12(6-5-9-18-15)11-19-16(17)20-13-7-4-8-14(10-13)22-3/h4-10H,11H2,1-3H3,(H3,17,19,20). The molecule has 0 atom stereocenters. The number of benzene rings is 1. The van der Waals surface area contributed by atoms with Crippen molar-refractivity contribution in [3.05, 3.63) is 48.2 Å². The Balaban J connectivity index is 2.07. The van der Waals surface area contributed by atoms with E-state index in [2.05, 4.69) is 15.3 Å². The van der Waals surface area contributed by atoms with E-state index < -0.39 is 0 Å². The highest BCUT2D eigenvalue weighted by atomic mass is 16.5. The molecule has 116 valence electrons. The van der Waals surface area contributed by atoms with Crippen LogP contribution in [0, 0.1) is 0 Å². The van der Waals surface area contributed by atoms with Gasteiger partial charge in [0.15, 0.2) is 5.96 Å². The number of aromatic nitrogens is 1. The molecule has 0 bridgehead atoms. The average molecular weight is 299 g/mol. The Morgan fingerprint density at radius 2 is 2.14 bits per heavy atom. The molecule has 0 aliphatic rings. The van der Waals surface area contributed by atoms with Gasteiger partial charge in [-0.3, -0.25) is 0 Å². The first-order chi connectivity index (χ1) is 10.6. The van der Waals surface area contributed by atoms with Gasteiger partial charge in [-0.2, -0.15) is 0 Å². The lowest BCUT2D eigenvalue weighted by atomic mass is 10.2. The van der Waals surface area contributed by atoms with Crippen molar-refractivity contribution in [1.29, 1.82) is 0 Å². The lowest BCUT2D eigenvalue weighted by Crippen LogP contribution is -2.22. The second-order valence-electron chi connectivity index (χ2n) is 4.94. The molecule has 0 aliphatic heterocycles. The maximum atomic E-state index is 5.94. The zero-order chi connectivity index (χ0) is 15.9. The van der Waals surface area contributed by atoms with Crippen molar-refractivity contribution in [3.63, 3.8) is 0 Å². The van der Waals surface area contributed by atoms with Crippen LogP contribution in [0.5, 0.6) is 5.75 Å². The maximum absolute atomic E-state index is 5.94. The van der Waals surface area contributed by atoms with Crippen molar-refractivity contribution < 1.29 is 4.74 Å². The molecule has 1 heterocycles. The van der Waals surface area contributed by atoms with Crippen LogP contribution in [0.4, 0.5) is 11.5 Å². The Hall–Kier alpha value is -2.76. The summed E-state index contributed by atoms with van der Waals surface area (Å²) in [5, 5.41) is 3.05. The number of aliphatic imine (C=N–C) groups is 1. The van der Waals surface area contributed by atoms with Gasteiger partial charge in [0.2, 0.25) is 0 Å². The van der Waals surface area contributed by atoms with Gasteiger partial charge in [0.1, 0.15) is 11.6 Å². The van der Waals surface area contributed by atoms with E-state index in [1.165, 1.54) is 0 Å². The minimum Gasteiger partial charge on any atom is -0.497 e. The van der Waals surface area contributed by atoms with Crippen LogP contribution in [0.25, 0.3) is 0 Å². The third-order valence-electron chi connectivity index (χ3n) is 3.05. The molecule has 0 unspecified atom stereocenters. The van der Waals surface area contributed by atoms with Gasteiger partial charge in [-0.15, -0.1) is 0 Å². The van der Waals surface area contributed by atoms with Gasteiger partial charge in [-0.25, -0.2) is 9.98 Å². The fraction of sp³-hybridized carbons (Fsp3) is 0.250. The van der Waals surface area contributed by atoms with Crippen molar-refractivity contribution in [1.82, 2.24) is 4.98 Å². The van der Waals surface area contributed by atoms with Gasteiger partial charge in [-0.1, -0.05) is 12.1 Å². The molecule has 6 nitrogen and oxygen atoms in total. The number of methoxy groups -OCH3 is 1. The largest absolute Gasteiger partial charge is 0.497 e. The second kappa shape index (κ2) is 7.31. The summed E-state index contributed by atoms with van der Waals surface area (Å²) in [5.41, 5.74) is 7.78. The summed E-state index contributed by atoms with van der Waals surface area (Å²) in [6, 6.07) is 11.4. The van der Waals surface area contributed by atoms with Gasteiger partial charge in [0, 0.05) is 37.6 Å². The second-order valence-corrected chi connectivity index (χ2v) is 4.94. The predicted octanol–water partition coefficient (Wildman–Crippen LogP) is 2.08. The normalized spacial score (nSPS) is 11.1. The fourth-order valence-corrected chi connectivity index (χ4v) is 2.01. The van der Waals surface area contributed by atoms with Crippen LogP contribution >= 0.6 is 0 Å². The molecule has 0 saturated carbocycles. The van der Waals surface area contributed by atoms with E-state index in [0.29, 0.717) is 12.5 Å². The summed E-state index contributed by atoms with van der Waals surface area (Å²) >= 11 is 0. The first-order valence-electron chi connectivity index (χ1n) is 6.92. The molecule has 0 aliphatic carbocycles. The minimum absolute atomic E-state index is 0.349. The number of nitrogens with two attached hydrogens (primary N) is 1. The van der Waals surface area contributed by atoms with Crippen LogP contribution in [0.3, 0.4) is 0 Å². The summed E-state index contributed by atoms with van der Waals surface area (Å²) in [7, 11) is 5.53. The molecule has 0 amide bonds. The Labute approximate surface area is 130 Å². The highest BCUT2D eigenvalue weighted by Gasteiger charge is 2.05. The number of pyridine rings is 1. The quantitative estimate of drug-likeness (QED) is 0.653. The maximum Gasteiger partial charge on any atom is 0.193 e. The molecule has 1 aromatic heterocycles. The lowest BCUT2D eigenvalue weighted by molar-refractivity contribution is 0.415. The van der Waals surface area contributed by atoms with Crippen LogP contribution in [-0.2, 0) is 6.54 Å². The van der Waals surface area contributed by atoms with Gasteiger partial charge in [0.05, 0.1) is 13.7 Å². The topological polar surface area (TPSA) is 75.8 Å².